The molecule has 0 aromatic carbocycles. The van der Waals surface area contributed by atoms with E-state index < -0.39 is 5.97 Å². The first-order chi connectivity index (χ1) is 8.47. The molecule has 106 valence electrons. The number of hydrogen-bond donors (Lipinski definition) is 3. The van der Waals surface area contributed by atoms with Gasteiger partial charge in [0.1, 0.15) is 0 Å². The van der Waals surface area contributed by atoms with Gasteiger partial charge in [-0.25, -0.2) is 0 Å². The first kappa shape index (κ1) is 16.9. The second-order valence-electron chi connectivity index (χ2n) is 4.97. The van der Waals surface area contributed by atoms with Gasteiger partial charge in [-0.05, 0) is 37.6 Å². The minimum absolute atomic E-state index is 0.0289. The SMILES string of the molecule is CC(C)C(CCNC(=O)CCCN)CCC(=O)O. The molecule has 5 nitrogen and oxygen atoms in total. The molecule has 0 aliphatic heterocycles. The Morgan fingerprint density at radius 3 is 2.39 bits per heavy atom. The van der Waals surface area contributed by atoms with Gasteiger partial charge < -0.3 is 16.2 Å². The summed E-state index contributed by atoms with van der Waals surface area (Å²) in [6.07, 6.45) is 2.88. The summed E-state index contributed by atoms with van der Waals surface area (Å²) < 4.78 is 0. The van der Waals surface area contributed by atoms with Gasteiger partial charge in [0.05, 0.1) is 0 Å². The Morgan fingerprint density at radius 2 is 1.89 bits per heavy atom. The second-order valence-corrected chi connectivity index (χ2v) is 4.97. The van der Waals surface area contributed by atoms with Crippen molar-refractivity contribution in [2.75, 3.05) is 13.1 Å². The van der Waals surface area contributed by atoms with Crippen molar-refractivity contribution in [3.8, 4) is 0 Å². The van der Waals surface area contributed by atoms with Crippen LogP contribution in [0.4, 0.5) is 0 Å². The number of aliphatic carboxylic acids is 1. The van der Waals surface area contributed by atoms with Crippen LogP contribution in [-0.4, -0.2) is 30.1 Å². The molecule has 0 aromatic rings. The van der Waals surface area contributed by atoms with E-state index in [0.717, 1.165) is 6.42 Å². The predicted octanol–water partition coefficient (Wildman–Crippen LogP) is 1.37. The lowest BCUT2D eigenvalue weighted by atomic mass is 9.88. The fourth-order valence-electron chi connectivity index (χ4n) is 1.87. The number of rotatable bonds is 10. The number of amides is 1. The maximum Gasteiger partial charge on any atom is 0.303 e. The third kappa shape index (κ3) is 8.98. The minimum Gasteiger partial charge on any atom is -0.481 e. The first-order valence-electron chi connectivity index (χ1n) is 6.66. The summed E-state index contributed by atoms with van der Waals surface area (Å²) in [5, 5.41) is 11.5. The number of carbonyl (C=O) groups excluding carboxylic acids is 1. The van der Waals surface area contributed by atoms with Crippen molar-refractivity contribution in [3.05, 3.63) is 0 Å². The van der Waals surface area contributed by atoms with Crippen molar-refractivity contribution in [3.63, 3.8) is 0 Å². The topological polar surface area (TPSA) is 92.4 Å². The molecule has 4 N–H and O–H groups in total. The molecule has 0 aliphatic rings. The van der Waals surface area contributed by atoms with E-state index >= 15 is 0 Å². The van der Waals surface area contributed by atoms with Gasteiger partial charge in [-0.1, -0.05) is 13.8 Å². The minimum atomic E-state index is -0.757. The molecule has 1 atom stereocenters. The second kappa shape index (κ2) is 9.88. The number of hydrogen-bond acceptors (Lipinski definition) is 3. The van der Waals surface area contributed by atoms with Crippen LogP contribution in [0.3, 0.4) is 0 Å². The predicted molar refractivity (Wildman–Crippen MR) is 71.1 cm³/mol. The Bertz CT molecular complexity index is 255. The molecular weight excluding hydrogens is 232 g/mol. The molecule has 0 aliphatic carbocycles. The average Bonchev–Trinajstić information content (AvgIpc) is 2.30. The molecule has 0 bridgehead atoms. The van der Waals surface area contributed by atoms with Crippen LogP contribution < -0.4 is 11.1 Å². The molecule has 18 heavy (non-hydrogen) atoms. The Labute approximate surface area is 109 Å². The highest BCUT2D eigenvalue weighted by Gasteiger charge is 2.15. The molecule has 0 aromatic heterocycles. The van der Waals surface area contributed by atoms with Crippen LogP contribution in [0.5, 0.6) is 0 Å². The highest BCUT2D eigenvalue weighted by Crippen LogP contribution is 2.20. The standard InChI is InChI=1S/C13H26N2O3/c1-10(2)11(5-6-13(17)18)7-9-15-12(16)4-3-8-14/h10-11H,3-9,14H2,1-2H3,(H,15,16)(H,17,18). The highest BCUT2D eigenvalue weighted by molar-refractivity contribution is 5.75. The quantitative estimate of drug-likeness (QED) is 0.552. The molecule has 0 saturated carbocycles. The normalized spacial score (nSPS) is 12.4. The molecule has 1 amide bonds. The van der Waals surface area contributed by atoms with E-state index in [1.54, 1.807) is 0 Å². The van der Waals surface area contributed by atoms with Crippen LogP contribution in [0.25, 0.3) is 0 Å². The summed E-state index contributed by atoms with van der Waals surface area (Å²) in [7, 11) is 0. The van der Waals surface area contributed by atoms with Crippen LogP contribution >= 0.6 is 0 Å². The van der Waals surface area contributed by atoms with E-state index in [0.29, 0.717) is 44.2 Å². The summed E-state index contributed by atoms with van der Waals surface area (Å²) in [6.45, 7) is 5.32. The van der Waals surface area contributed by atoms with Gasteiger partial charge in [0.2, 0.25) is 5.91 Å². The summed E-state index contributed by atoms with van der Waals surface area (Å²) in [6, 6.07) is 0. The lowest BCUT2D eigenvalue weighted by Crippen LogP contribution is -2.27. The Kier molecular flexibility index (Phi) is 9.28. The maximum absolute atomic E-state index is 11.4. The van der Waals surface area contributed by atoms with Crippen LogP contribution in [0, 0.1) is 11.8 Å². The lowest BCUT2D eigenvalue weighted by molar-refractivity contribution is -0.137. The number of carboxylic acid groups (broad SMARTS) is 1. The van der Waals surface area contributed by atoms with Gasteiger partial charge >= 0.3 is 5.97 Å². The van der Waals surface area contributed by atoms with Crippen LogP contribution in [0.15, 0.2) is 0 Å². The van der Waals surface area contributed by atoms with E-state index in [9.17, 15) is 9.59 Å². The Balaban J connectivity index is 3.82. The van der Waals surface area contributed by atoms with E-state index in [2.05, 4.69) is 19.2 Å². The van der Waals surface area contributed by atoms with Crippen molar-refractivity contribution in [1.29, 1.82) is 0 Å². The van der Waals surface area contributed by atoms with Crippen LogP contribution in [0.2, 0.25) is 0 Å². The van der Waals surface area contributed by atoms with Gasteiger partial charge in [-0.15, -0.1) is 0 Å². The number of nitrogens with two attached hydrogens (primary N) is 1. The van der Waals surface area contributed by atoms with Crippen molar-refractivity contribution >= 4 is 11.9 Å². The van der Waals surface area contributed by atoms with Crippen molar-refractivity contribution in [1.82, 2.24) is 5.32 Å². The highest BCUT2D eigenvalue weighted by atomic mass is 16.4. The number of carbonyl (C=O) groups is 2. The summed E-state index contributed by atoms with van der Waals surface area (Å²) >= 11 is 0. The largest absolute Gasteiger partial charge is 0.481 e. The van der Waals surface area contributed by atoms with Crippen LogP contribution in [0.1, 0.15) is 46.0 Å². The summed E-state index contributed by atoms with van der Waals surface area (Å²) in [5.74, 6) is 0.0509. The zero-order valence-corrected chi connectivity index (χ0v) is 11.4. The molecule has 0 heterocycles. The average molecular weight is 258 g/mol. The first-order valence-corrected chi connectivity index (χ1v) is 6.66. The third-order valence-corrected chi connectivity index (χ3v) is 3.12. The monoisotopic (exact) mass is 258 g/mol. The summed E-state index contributed by atoms with van der Waals surface area (Å²) in [5.41, 5.74) is 5.33. The molecule has 0 saturated heterocycles. The fraction of sp³-hybridized carbons (Fsp3) is 0.846. The molecule has 0 radical (unpaired) electrons. The Hall–Kier alpha value is -1.10. The van der Waals surface area contributed by atoms with Crippen LogP contribution in [-0.2, 0) is 9.59 Å². The number of carboxylic acids is 1. The van der Waals surface area contributed by atoms with Gasteiger partial charge in [-0.3, -0.25) is 9.59 Å². The molecule has 5 heteroatoms. The molecule has 0 fully saturated rings. The zero-order chi connectivity index (χ0) is 14.0. The molecule has 0 spiro atoms. The van der Waals surface area contributed by atoms with Gasteiger partial charge in [0.25, 0.3) is 0 Å². The zero-order valence-electron chi connectivity index (χ0n) is 11.4. The number of nitrogens with one attached hydrogen (secondary N) is 1. The fourth-order valence-corrected chi connectivity index (χ4v) is 1.87. The van der Waals surface area contributed by atoms with Gasteiger partial charge in [0, 0.05) is 19.4 Å². The molecule has 0 rings (SSSR count). The third-order valence-electron chi connectivity index (χ3n) is 3.12. The molecular formula is C13H26N2O3. The lowest BCUT2D eigenvalue weighted by Gasteiger charge is -2.20. The van der Waals surface area contributed by atoms with E-state index in [-0.39, 0.29) is 12.3 Å². The Morgan fingerprint density at radius 1 is 1.22 bits per heavy atom. The van der Waals surface area contributed by atoms with E-state index in [4.69, 9.17) is 10.8 Å². The van der Waals surface area contributed by atoms with Crippen molar-refractivity contribution in [2.24, 2.45) is 17.6 Å². The smallest absolute Gasteiger partial charge is 0.303 e. The van der Waals surface area contributed by atoms with Crippen molar-refractivity contribution in [2.45, 2.75) is 46.0 Å². The maximum atomic E-state index is 11.4. The summed E-state index contributed by atoms with van der Waals surface area (Å²) in [4.78, 5) is 21.9. The van der Waals surface area contributed by atoms with Crippen molar-refractivity contribution < 1.29 is 14.7 Å². The van der Waals surface area contributed by atoms with Gasteiger partial charge in [-0.2, -0.15) is 0 Å². The van der Waals surface area contributed by atoms with E-state index in [1.807, 2.05) is 0 Å². The van der Waals surface area contributed by atoms with E-state index in [1.165, 1.54) is 0 Å². The van der Waals surface area contributed by atoms with Gasteiger partial charge in [0.15, 0.2) is 0 Å². The molecule has 1 unspecified atom stereocenters.